The number of aliphatic hydroxyl groups excluding tert-OH is 2. The lowest BCUT2D eigenvalue weighted by atomic mass is 9.81. The molecule has 0 aromatic heterocycles. The van der Waals surface area contributed by atoms with Gasteiger partial charge in [0.1, 0.15) is 24.0 Å². The Morgan fingerprint density at radius 2 is 1.57 bits per heavy atom. The molecular formula is C46H71NO14. The fraction of sp³-hybridized carbons (Fsp3) is 0.761. The highest BCUT2D eigenvalue weighted by atomic mass is 16.7. The highest BCUT2D eigenvalue weighted by molar-refractivity contribution is 6.39. The van der Waals surface area contributed by atoms with Crippen LogP contribution in [0.5, 0.6) is 0 Å². The molecule has 3 aliphatic heterocycles. The number of fused-ring (bicyclic) bond motifs is 3. The van der Waals surface area contributed by atoms with Crippen LogP contribution in [0.1, 0.15) is 105 Å². The summed E-state index contributed by atoms with van der Waals surface area (Å²) in [6.45, 7) is 9.05. The first kappa shape index (κ1) is 50.3. The Bertz CT molecular complexity index is 1630. The van der Waals surface area contributed by atoms with Crippen LogP contribution in [0.3, 0.4) is 0 Å². The number of cyclic esters (lactones) is 1. The summed E-state index contributed by atoms with van der Waals surface area (Å²) in [4.78, 5) is 70.2. The number of allylic oxidation sites excluding steroid dienone is 4. The van der Waals surface area contributed by atoms with Gasteiger partial charge < -0.3 is 48.6 Å². The Kier molecular flexibility index (Phi) is 18.9. The number of amides is 1. The molecule has 61 heavy (non-hydrogen) atoms. The van der Waals surface area contributed by atoms with Gasteiger partial charge in [0.15, 0.2) is 0 Å². The number of aliphatic hydroxyl groups is 3. The largest absolute Gasteiger partial charge is 0.466 e. The van der Waals surface area contributed by atoms with Gasteiger partial charge in [-0.05, 0) is 95.5 Å². The molecule has 1 saturated carbocycles. The Labute approximate surface area is 361 Å². The lowest BCUT2D eigenvalue weighted by Crippen LogP contribution is -2.64. The summed E-state index contributed by atoms with van der Waals surface area (Å²) in [7, 11) is 5.82. The van der Waals surface area contributed by atoms with E-state index >= 15 is 0 Å². The van der Waals surface area contributed by atoms with Crippen molar-refractivity contribution in [3.8, 4) is 0 Å². The lowest BCUT2D eigenvalue weighted by Gasteiger charge is -2.47. The summed E-state index contributed by atoms with van der Waals surface area (Å²) in [6, 6.07) is -1.18. The van der Waals surface area contributed by atoms with Crippen LogP contribution in [-0.2, 0) is 52.4 Å². The smallest absolute Gasteiger partial charge is 0.330 e. The van der Waals surface area contributed by atoms with Crippen molar-refractivity contribution in [2.75, 3.05) is 35.0 Å². The van der Waals surface area contributed by atoms with Gasteiger partial charge in [-0.3, -0.25) is 14.4 Å². The molecule has 2 bridgehead atoms. The van der Waals surface area contributed by atoms with Crippen LogP contribution in [-0.4, -0.2) is 139 Å². The fourth-order valence-corrected chi connectivity index (χ4v) is 9.62. The number of ketones is 2. The van der Waals surface area contributed by atoms with E-state index in [1.807, 2.05) is 26.0 Å². The predicted molar refractivity (Wildman–Crippen MR) is 224 cm³/mol. The van der Waals surface area contributed by atoms with E-state index in [1.54, 1.807) is 34.0 Å². The second kappa shape index (κ2) is 22.9. The second-order valence-corrected chi connectivity index (χ2v) is 17.9. The Morgan fingerprint density at radius 3 is 2.23 bits per heavy atom. The number of Topliss-reactive ketones (excluding diaryl/α,β-unsaturated/α-hetero) is 2. The molecule has 1 amide bonds. The highest BCUT2D eigenvalue weighted by Gasteiger charge is 2.56. The SMILES string of the molecule is COC(=O)C=CCC1/C=C(\C)CC(C)CC(OC)C2OC(O)(C(=O)C(=O)N3CCCCC3C(=O)OC(C(C)=CC3CCC(O)C(OC)C3)C(C)C(O)CC1=O)C(C)CC2OC. The predicted octanol–water partition coefficient (Wildman–Crippen LogP) is 4.18. The van der Waals surface area contributed by atoms with Crippen LogP contribution < -0.4 is 0 Å². The van der Waals surface area contributed by atoms with Crippen LogP contribution in [0.15, 0.2) is 35.5 Å². The summed E-state index contributed by atoms with van der Waals surface area (Å²) in [5, 5.41) is 34.3. The molecule has 14 unspecified atom stereocenters. The number of ether oxygens (including phenoxy) is 6. The molecule has 4 rings (SSSR count). The van der Waals surface area contributed by atoms with E-state index < -0.39 is 89.8 Å². The van der Waals surface area contributed by atoms with Gasteiger partial charge in [-0.2, -0.15) is 0 Å². The van der Waals surface area contributed by atoms with Gasteiger partial charge in [-0.15, -0.1) is 0 Å². The zero-order valence-corrected chi connectivity index (χ0v) is 37.6. The Hall–Kier alpha value is -3.31. The first-order valence-corrected chi connectivity index (χ1v) is 21.9. The summed E-state index contributed by atoms with van der Waals surface area (Å²) in [6.07, 6.45) is 4.97. The van der Waals surface area contributed by atoms with E-state index in [1.165, 1.54) is 27.4 Å². The molecule has 15 heteroatoms. The average Bonchev–Trinajstić information content (AvgIpc) is 3.24. The fourth-order valence-electron chi connectivity index (χ4n) is 9.62. The van der Waals surface area contributed by atoms with E-state index in [2.05, 4.69) is 0 Å². The van der Waals surface area contributed by atoms with Crippen molar-refractivity contribution < 1.29 is 67.7 Å². The molecule has 1 aliphatic carbocycles. The quantitative estimate of drug-likeness (QED) is 0.136. The monoisotopic (exact) mass is 861 g/mol. The third kappa shape index (κ3) is 12.7. The molecule has 15 nitrogen and oxygen atoms in total. The number of carbonyl (C=O) groups is 5. The first-order chi connectivity index (χ1) is 28.9. The number of hydrogen-bond donors (Lipinski definition) is 3. The zero-order valence-electron chi connectivity index (χ0n) is 37.6. The number of hydrogen-bond acceptors (Lipinski definition) is 14. The number of rotatable bonds is 8. The summed E-state index contributed by atoms with van der Waals surface area (Å²) >= 11 is 0. The highest BCUT2D eigenvalue weighted by Crippen LogP contribution is 2.39. The number of methoxy groups -OCH3 is 4. The van der Waals surface area contributed by atoms with Crippen LogP contribution >= 0.6 is 0 Å². The standard InChI is InChI=1S/C46H71NO14/c1-26-19-27(2)21-38(57-7)42-39(58-8)23-29(4)46(55,61-42)43(52)44(53)47-18-11-10-14-33(47)45(54)60-41(28(3)22-31-16-17-34(48)37(24-31)56-6)30(5)35(49)25-36(50)32(20-26)13-12-15-40(51)59-9/h12,15,20,22,27,29-35,37-39,41-42,48-49,55H,10-11,13-14,16-19,21,23-25H2,1-9H3/b15-12?,26-20+,28-22?. The molecular weight excluding hydrogens is 790 g/mol. The topological polar surface area (TPSA) is 205 Å². The normalized spacial score (nSPS) is 39.1. The minimum absolute atomic E-state index is 0.0486. The molecule has 0 radical (unpaired) electrons. The van der Waals surface area contributed by atoms with Crippen LogP contribution in [0.25, 0.3) is 0 Å². The number of piperidine rings is 1. The van der Waals surface area contributed by atoms with Gasteiger partial charge in [-0.25, -0.2) is 9.59 Å². The first-order valence-electron chi connectivity index (χ1n) is 21.9. The lowest BCUT2D eigenvalue weighted by molar-refractivity contribution is -0.302. The number of nitrogens with zero attached hydrogens (tertiary/aromatic N) is 1. The average molecular weight is 862 g/mol. The molecule has 3 fully saturated rings. The Morgan fingerprint density at radius 1 is 0.902 bits per heavy atom. The zero-order chi connectivity index (χ0) is 45.2. The van der Waals surface area contributed by atoms with E-state index in [9.17, 15) is 39.3 Å². The third-order valence-corrected chi connectivity index (χ3v) is 13.3. The van der Waals surface area contributed by atoms with Crippen LogP contribution in [0, 0.1) is 29.6 Å². The summed E-state index contributed by atoms with van der Waals surface area (Å²) < 4.78 is 34.5. The van der Waals surface area contributed by atoms with Gasteiger partial charge in [0.05, 0.1) is 37.6 Å². The molecule has 2 saturated heterocycles. The maximum absolute atomic E-state index is 14.4. The van der Waals surface area contributed by atoms with E-state index in [0.717, 1.165) is 10.5 Å². The van der Waals surface area contributed by atoms with Crippen molar-refractivity contribution in [2.24, 2.45) is 29.6 Å². The van der Waals surface area contributed by atoms with Gasteiger partial charge in [0, 0.05) is 58.1 Å². The molecule has 0 spiro atoms. The van der Waals surface area contributed by atoms with Crippen molar-refractivity contribution in [2.45, 2.75) is 160 Å². The number of carbonyl (C=O) groups excluding carboxylic acids is 5. The molecule has 14 atom stereocenters. The molecule has 344 valence electrons. The van der Waals surface area contributed by atoms with Crippen LogP contribution in [0.4, 0.5) is 0 Å². The van der Waals surface area contributed by atoms with Crippen molar-refractivity contribution >= 4 is 29.4 Å². The minimum atomic E-state index is -2.54. The van der Waals surface area contributed by atoms with E-state index in [0.29, 0.717) is 50.5 Å². The molecule has 4 aliphatic rings. The maximum Gasteiger partial charge on any atom is 0.330 e. The van der Waals surface area contributed by atoms with Crippen molar-refractivity contribution in [1.82, 2.24) is 4.90 Å². The van der Waals surface area contributed by atoms with E-state index in [-0.39, 0.29) is 56.0 Å². The third-order valence-electron chi connectivity index (χ3n) is 13.3. The molecule has 3 N–H and O–H groups in total. The van der Waals surface area contributed by atoms with Crippen molar-refractivity contribution in [3.05, 3.63) is 35.5 Å². The van der Waals surface area contributed by atoms with Gasteiger partial charge in [0.2, 0.25) is 5.79 Å². The van der Waals surface area contributed by atoms with Gasteiger partial charge >= 0.3 is 11.9 Å². The van der Waals surface area contributed by atoms with E-state index in [4.69, 9.17) is 28.4 Å². The maximum atomic E-state index is 14.4. The Balaban J connectivity index is 1.80. The summed E-state index contributed by atoms with van der Waals surface area (Å²) in [5.41, 5.74) is 1.48. The van der Waals surface area contributed by atoms with Crippen molar-refractivity contribution in [1.29, 1.82) is 0 Å². The molecule has 0 aromatic carbocycles. The second-order valence-electron chi connectivity index (χ2n) is 17.9. The minimum Gasteiger partial charge on any atom is -0.466 e. The van der Waals surface area contributed by atoms with Crippen molar-refractivity contribution in [3.63, 3.8) is 0 Å². The summed E-state index contributed by atoms with van der Waals surface area (Å²) in [5.74, 6) is -8.95. The van der Waals surface area contributed by atoms with Crippen LogP contribution in [0.2, 0.25) is 0 Å². The van der Waals surface area contributed by atoms with Gasteiger partial charge in [-0.1, -0.05) is 44.6 Å². The molecule has 0 aromatic rings. The van der Waals surface area contributed by atoms with Gasteiger partial charge in [0.25, 0.3) is 11.7 Å². The molecule has 3 heterocycles. The number of esters is 2.